The van der Waals surface area contributed by atoms with Crippen molar-refractivity contribution in [1.82, 2.24) is 14.3 Å². The van der Waals surface area contributed by atoms with Crippen LogP contribution in [0.2, 0.25) is 0 Å². The van der Waals surface area contributed by atoms with E-state index in [4.69, 9.17) is 0 Å². The number of hydrogen-bond acceptors (Lipinski definition) is 6. The average molecular weight is 304 g/mol. The SMILES string of the molecule is CCc1nsc(N2CCN(Cc3cccc(O)c3)CC2)n1. The van der Waals surface area contributed by atoms with Gasteiger partial charge < -0.3 is 10.0 Å². The monoisotopic (exact) mass is 304 g/mol. The fourth-order valence-corrected chi connectivity index (χ4v) is 3.33. The highest BCUT2D eigenvalue weighted by Gasteiger charge is 2.19. The molecule has 0 saturated carbocycles. The number of nitrogens with zero attached hydrogens (tertiary/aromatic N) is 4. The van der Waals surface area contributed by atoms with Crippen LogP contribution in [-0.4, -0.2) is 45.5 Å². The number of hydrogen-bond donors (Lipinski definition) is 1. The molecule has 1 fully saturated rings. The predicted molar refractivity (Wildman–Crippen MR) is 84.9 cm³/mol. The van der Waals surface area contributed by atoms with Crippen molar-refractivity contribution in [3.63, 3.8) is 0 Å². The number of aromatic hydroxyl groups is 1. The Labute approximate surface area is 129 Å². The summed E-state index contributed by atoms with van der Waals surface area (Å²) in [4.78, 5) is 9.28. The van der Waals surface area contributed by atoms with Crippen molar-refractivity contribution in [3.8, 4) is 5.75 Å². The molecule has 0 spiro atoms. The van der Waals surface area contributed by atoms with Crippen LogP contribution in [0.3, 0.4) is 0 Å². The van der Waals surface area contributed by atoms with Gasteiger partial charge in [-0.3, -0.25) is 4.90 Å². The molecule has 2 aromatic rings. The van der Waals surface area contributed by atoms with E-state index in [1.54, 1.807) is 6.07 Å². The highest BCUT2D eigenvalue weighted by atomic mass is 32.1. The normalized spacial score (nSPS) is 16.3. The number of rotatable bonds is 4. The van der Waals surface area contributed by atoms with Crippen molar-refractivity contribution >= 4 is 16.7 Å². The van der Waals surface area contributed by atoms with Crippen molar-refractivity contribution in [2.75, 3.05) is 31.1 Å². The summed E-state index contributed by atoms with van der Waals surface area (Å²) in [7, 11) is 0. The summed E-state index contributed by atoms with van der Waals surface area (Å²) in [6.45, 7) is 6.96. The zero-order chi connectivity index (χ0) is 14.7. The molecule has 1 aliphatic rings. The fourth-order valence-electron chi connectivity index (χ4n) is 2.53. The second kappa shape index (κ2) is 6.41. The lowest BCUT2D eigenvalue weighted by atomic mass is 10.2. The van der Waals surface area contributed by atoms with E-state index in [-0.39, 0.29) is 0 Å². The van der Waals surface area contributed by atoms with Gasteiger partial charge in [-0.25, -0.2) is 4.98 Å². The molecule has 0 aliphatic carbocycles. The fraction of sp³-hybridized carbons (Fsp3) is 0.467. The lowest BCUT2D eigenvalue weighted by Crippen LogP contribution is -2.45. The van der Waals surface area contributed by atoms with Gasteiger partial charge in [-0.2, -0.15) is 4.37 Å². The highest BCUT2D eigenvalue weighted by Crippen LogP contribution is 2.20. The largest absolute Gasteiger partial charge is 0.508 e. The first-order chi connectivity index (χ1) is 10.2. The van der Waals surface area contributed by atoms with E-state index in [1.165, 1.54) is 11.5 Å². The van der Waals surface area contributed by atoms with E-state index in [2.05, 4.69) is 32.1 Å². The van der Waals surface area contributed by atoms with Gasteiger partial charge >= 0.3 is 0 Å². The van der Waals surface area contributed by atoms with Crippen molar-refractivity contribution in [2.24, 2.45) is 0 Å². The molecule has 0 unspecified atom stereocenters. The van der Waals surface area contributed by atoms with E-state index in [9.17, 15) is 5.11 Å². The van der Waals surface area contributed by atoms with Crippen LogP contribution in [-0.2, 0) is 13.0 Å². The molecular weight excluding hydrogens is 284 g/mol. The number of piperazine rings is 1. The van der Waals surface area contributed by atoms with Crippen molar-refractivity contribution < 1.29 is 5.11 Å². The van der Waals surface area contributed by atoms with Crippen molar-refractivity contribution in [1.29, 1.82) is 0 Å². The van der Waals surface area contributed by atoms with Gasteiger partial charge in [-0.05, 0) is 17.7 Å². The summed E-state index contributed by atoms with van der Waals surface area (Å²) < 4.78 is 4.35. The molecular formula is C15H20N4OS. The summed E-state index contributed by atoms with van der Waals surface area (Å²) in [5, 5.41) is 10.6. The molecule has 2 heterocycles. The Morgan fingerprint density at radius 2 is 2.05 bits per heavy atom. The maximum absolute atomic E-state index is 9.52. The summed E-state index contributed by atoms with van der Waals surface area (Å²) in [6.07, 6.45) is 0.897. The molecule has 0 radical (unpaired) electrons. The second-order valence-corrected chi connectivity index (χ2v) is 6.01. The van der Waals surface area contributed by atoms with Crippen LogP contribution in [0.4, 0.5) is 5.13 Å². The van der Waals surface area contributed by atoms with Crippen LogP contribution in [0.1, 0.15) is 18.3 Å². The van der Waals surface area contributed by atoms with Gasteiger partial charge in [0.1, 0.15) is 11.6 Å². The first kappa shape index (κ1) is 14.3. The van der Waals surface area contributed by atoms with Crippen LogP contribution in [0.15, 0.2) is 24.3 Å². The number of benzene rings is 1. The van der Waals surface area contributed by atoms with Crippen LogP contribution < -0.4 is 4.90 Å². The van der Waals surface area contributed by atoms with E-state index >= 15 is 0 Å². The van der Waals surface area contributed by atoms with E-state index in [1.807, 2.05) is 12.1 Å². The maximum atomic E-state index is 9.52. The molecule has 1 aliphatic heterocycles. The molecule has 6 heteroatoms. The first-order valence-corrected chi connectivity index (χ1v) is 8.09. The van der Waals surface area contributed by atoms with Gasteiger partial charge in [0.15, 0.2) is 0 Å². The number of phenols is 1. The van der Waals surface area contributed by atoms with E-state index in [0.717, 1.165) is 55.7 Å². The van der Waals surface area contributed by atoms with E-state index < -0.39 is 0 Å². The molecule has 1 aromatic heterocycles. The van der Waals surface area contributed by atoms with Crippen LogP contribution in [0.25, 0.3) is 0 Å². The zero-order valence-corrected chi connectivity index (χ0v) is 13.0. The molecule has 5 nitrogen and oxygen atoms in total. The zero-order valence-electron chi connectivity index (χ0n) is 12.2. The van der Waals surface area contributed by atoms with Crippen LogP contribution in [0, 0.1) is 0 Å². The third kappa shape index (κ3) is 3.51. The minimum Gasteiger partial charge on any atom is -0.508 e. The Morgan fingerprint density at radius 1 is 1.24 bits per heavy atom. The summed E-state index contributed by atoms with van der Waals surface area (Å²) in [6, 6.07) is 7.51. The number of phenolic OH excluding ortho intramolecular Hbond substituents is 1. The Kier molecular flexibility index (Phi) is 4.36. The van der Waals surface area contributed by atoms with Gasteiger partial charge in [0.25, 0.3) is 0 Å². The minimum absolute atomic E-state index is 0.340. The van der Waals surface area contributed by atoms with Gasteiger partial charge in [0, 0.05) is 50.7 Å². The Hall–Kier alpha value is -1.66. The van der Waals surface area contributed by atoms with Crippen LogP contribution in [0.5, 0.6) is 5.75 Å². The van der Waals surface area contributed by atoms with Gasteiger partial charge in [-0.15, -0.1) is 0 Å². The van der Waals surface area contributed by atoms with Gasteiger partial charge in [0.05, 0.1) is 0 Å². The lowest BCUT2D eigenvalue weighted by molar-refractivity contribution is 0.249. The summed E-state index contributed by atoms with van der Waals surface area (Å²) >= 11 is 1.50. The predicted octanol–water partition coefficient (Wildman–Crippen LogP) is 2.13. The molecule has 0 amide bonds. The smallest absolute Gasteiger partial charge is 0.205 e. The minimum atomic E-state index is 0.340. The molecule has 1 saturated heterocycles. The highest BCUT2D eigenvalue weighted by molar-refractivity contribution is 7.09. The average Bonchev–Trinajstić information content (AvgIpc) is 2.97. The number of anilines is 1. The quantitative estimate of drug-likeness (QED) is 0.938. The first-order valence-electron chi connectivity index (χ1n) is 7.32. The standard InChI is InChI=1S/C15H20N4OS/c1-2-14-16-15(21-17-14)19-8-6-18(7-9-19)11-12-4-3-5-13(20)10-12/h3-5,10,20H,2,6-9,11H2,1H3. The second-order valence-electron chi connectivity index (χ2n) is 5.28. The van der Waals surface area contributed by atoms with Crippen molar-refractivity contribution in [2.45, 2.75) is 19.9 Å². The van der Waals surface area contributed by atoms with Gasteiger partial charge in [0.2, 0.25) is 5.13 Å². The molecule has 112 valence electrons. The van der Waals surface area contributed by atoms with Gasteiger partial charge in [-0.1, -0.05) is 19.1 Å². The molecule has 1 N–H and O–H groups in total. The maximum Gasteiger partial charge on any atom is 0.205 e. The number of aromatic nitrogens is 2. The summed E-state index contributed by atoms with van der Waals surface area (Å²) in [5.41, 5.74) is 1.16. The molecule has 0 bridgehead atoms. The number of aryl methyl sites for hydroxylation is 1. The molecule has 21 heavy (non-hydrogen) atoms. The Balaban J connectivity index is 1.55. The topological polar surface area (TPSA) is 52.5 Å². The summed E-state index contributed by atoms with van der Waals surface area (Å²) in [5.74, 6) is 1.28. The third-order valence-electron chi connectivity index (χ3n) is 3.73. The molecule has 1 aromatic carbocycles. The van der Waals surface area contributed by atoms with Crippen molar-refractivity contribution in [3.05, 3.63) is 35.7 Å². The van der Waals surface area contributed by atoms with E-state index in [0.29, 0.717) is 5.75 Å². The lowest BCUT2D eigenvalue weighted by Gasteiger charge is -2.34. The Morgan fingerprint density at radius 3 is 2.71 bits per heavy atom. The molecule has 3 rings (SSSR count). The Bertz CT molecular complexity index is 593. The van der Waals surface area contributed by atoms with Crippen LogP contribution >= 0.6 is 11.5 Å². The molecule has 0 atom stereocenters. The third-order valence-corrected chi connectivity index (χ3v) is 4.55.